The lowest BCUT2D eigenvalue weighted by Gasteiger charge is -2.33. The summed E-state index contributed by atoms with van der Waals surface area (Å²) < 4.78 is 10.4. The summed E-state index contributed by atoms with van der Waals surface area (Å²) >= 11 is 0. The topological polar surface area (TPSA) is 88.1 Å². The van der Waals surface area contributed by atoms with E-state index >= 15 is 0 Å². The minimum atomic E-state index is -1.26. The zero-order valence-corrected chi connectivity index (χ0v) is 15.9. The maximum Gasteiger partial charge on any atom is 0.345 e. The minimum Gasteiger partial charge on any atom is -0.480 e. The lowest BCUT2D eigenvalue weighted by Crippen LogP contribution is -2.41. The molecule has 0 saturated carbocycles. The van der Waals surface area contributed by atoms with Crippen LogP contribution in [0, 0.1) is 11.8 Å². The van der Waals surface area contributed by atoms with Gasteiger partial charge in [0.05, 0.1) is 5.92 Å². The van der Waals surface area contributed by atoms with Crippen LogP contribution in [0.5, 0.6) is 0 Å². The first kappa shape index (κ1) is 18.8. The van der Waals surface area contributed by atoms with Gasteiger partial charge in [-0.1, -0.05) is 6.08 Å². The normalized spacial score (nSPS) is 23.9. The number of rotatable bonds is 5. The number of hydrogen-bond acceptors (Lipinski definition) is 7. The summed E-state index contributed by atoms with van der Waals surface area (Å²) in [6.07, 6.45) is 3.17. The first-order chi connectivity index (χ1) is 12.7. The van der Waals surface area contributed by atoms with E-state index in [1.54, 1.807) is 6.08 Å². The van der Waals surface area contributed by atoms with Crippen molar-refractivity contribution < 1.29 is 24.2 Å². The van der Waals surface area contributed by atoms with E-state index in [0.717, 1.165) is 11.4 Å². The number of anilines is 2. The number of aliphatic hydroxyl groups excluding tert-OH is 1. The van der Waals surface area contributed by atoms with E-state index in [1.807, 2.05) is 43.3 Å². The van der Waals surface area contributed by atoms with Crippen LogP contribution >= 0.6 is 0 Å². The van der Waals surface area contributed by atoms with Gasteiger partial charge in [0.25, 0.3) is 11.7 Å². The number of carbonyl (C=O) groups is 2. The fourth-order valence-electron chi connectivity index (χ4n) is 3.23. The molecule has 1 aromatic carbocycles. The number of allylic oxidation sites excluding steroid dienone is 1. The molecule has 144 valence electrons. The molecule has 1 aliphatic carbocycles. The first-order valence-corrected chi connectivity index (χ1v) is 8.77. The Kier molecular flexibility index (Phi) is 4.87. The Labute approximate surface area is 158 Å². The number of esters is 1. The van der Waals surface area contributed by atoms with Gasteiger partial charge in [0, 0.05) is 51.8 Å². The molecule has 2 N–H and O–H groups in total. The van der Waals surface area contributed by atoms with Crippen molar-refractivity contribution in [3.05, 3.63) is 47.9 Å². The standard InChI is InChI=1S/C20H24N2O5/c1-20(2)26-18(24)17(19(25)27-20)16-12(5-10-15(16)23)11-21-13-6-8-14(9-7-13)22(3)4/h5-10,12,16,21,24H,11H2,1-4H3. The Morgan fingerprint density at radius 1 is 1.15 bits per heavy atom. The molecule has 2 unspecified atom stereocenters. The van der Waals surface area contributed by atoms with Gasteiger partial charge in [-0.05, 0) is 30.3 Å². The van der Waals surface area contributed by atoms with Gasteiger partial charge >= 0.3 is 5.97 Å². The summed E-state index contributed by atoms with van der Waals surface area (Å²) in [5.41, 5.74) is 1.85. The fourth-order valence-corrected chi connectivity index (χ4v) is 3.23. The smallest absolute Gasteiger partial charge is 0.345 e. The van der Waals surface area contributed by atoms with Crippen molar-refractivity contribution in [2.24, 2.45) is 11.8 Å². The first-order valence-electron chi connectivity index (χ1n) is 8.77. The van der Waals surface area contributed by atoms with Gasteiger partial charge in [0.15, 0.2) is 5.78 Å². The van der Waals surface area contributed by atoms with Crippen LogP contribution in [-0.4, -0.2) is 43.3 Å². The molecule has 1 aliphatic heterocycles. The lowest BCUT2D eigenvalue weighted by molar-refractivity contribution is -0.223. The lowest BCUT2D eigenvalue weighted by atomic mass is 9.87. The molecule has 0 amide bonds. The summed E-state index contributed by atoms with van der Waals surface area (Å²) in [7, 11) is 3.93. The maximum absolute atomic E-state index is 12.3. The summed E-state index contributed by atoms with van der Waals surface area (Å²) in [6, 6.07) is 7.86. The highest BCUT2D eigenvalue weighted by atomic mass is 16.8. The molecule has 0 spiro atoms. The third-order valence-corrected chi connectivity index (χ3v) is 4.61. The highest BCUT2D eigenvalue weighted by Gasteiger charge is 2.45. The van der Waals surface area contributed by atoms with Crippen LogP contribution in [0.2, 0.25) is 0 Å². The van der Waals surface area contributed by atoms with Crippen LogP contribution in [0.15, 0.2) is 47.9 Å². The number of aliphatic hydroxyl groups is 1. The van der Waals surface area contributed by atoms with E-state index in [1.165, 1.54) is 19.9 Å². The Hall–Kier alpha value is -2.96. The summed E-state index contributed by atoms with van der Waals surface area (Å²) in [5, 5.41) is 13.5. The molecule has 1 aromatic rings. The van der Waals surface area contributed by atoms with Gasteiger partial charge in [-0.2, -0.15) is 0 Å². The second-order valence-electron chi connectivity index (χ2n) is 7.34. The van der Waals surface area contributed by atoms with Crippen molar-refractivity contribution in [1.82, 2.24) is 0 Å². The van der Waals surface area contributed by atoms with Gasteiger partial charge in [0.1, 0.15) is 5.57 Å². The van der Waals surface area contributed by atoms with E-state index in [9.17, 15) is 14.7 Å². The molecule has 1 heterocycles. The van der Waals surface area contributed by atoms with E-state index in [4.69, 9.17) is 9.47 Å². The summed E-state index contributed by atoms with van der Waals surface area (Å²) in [6.45, 7) is 3.45. The SMILES string of the molecule is CN(C)c1ccc(NCC2C=CC(=O)C2C2=C(O)OC(C)(C)OC2=O)cc1. The average molecular weight is 372 g/mol. The number of hydrogen-bond donors (Lipinski definition) is 2. The molecule has 27 heavy (non-hydrogen) atoms. The number of carbonyl (C=O) groups excluding carboxylic acids is 2. The van der Waals surface area contributed by atoms with Crippen LogP contribution in [0.4, 0.5) is 11.4 Å². The summed E-state index contributed by atoms with van der Waals surface area (Å²) in [4.78, 5) is 26.7. The molecule has 0 aromatic heterocycles. The van der Waals surface area contributed by atoms with Crippen molar-refractivity contribution in [2.45, 2.75) is 19.6 Å². The number of benzene rings is 1. The number of ether oxygens (including phenoxy) is 2. The van der Waals surface area contributed by atoms with Crippen LogP contribution in [0.1, 0.15) is 13.8 Å². The monoisotopic (exact) mass is 372 g/mol. The second-order valence-corrected chi connectivity index (χ2v) is 7.34. The maximum atomic E-state index is 12.3. The van der Waals surface area contributed by atoms with Crippen molar-refractivity contribution in [3.63, 3.8) is 0 Å². The van der Waals surface area contributed by atoms with Crippen molar-refractivity contribution in [2.75, 3.05) is 30.9 Å². The van der Waals surface area contributed by atoms with Gasteiger partial charge in [-0.25, -0.2) is 4.79 Å². The molecule has 0 fully saturated rings. The predicted molar refractivity (Wildman–Crippen MR) is 101 cm³/mol. The third kappa shape index (κ3) is 3.92. The van der Waals surface area contributed by atoms with E-state index in [0.29, 0.717) is 6.54 Å². The number of ketones is 1. The average Bonchev–Trinajstić information content (AvgIpc) is 2.92. The number of cyclic esters (lactones) is 1. The molecule has 3 rings (SSSR count). The van der Waals surface area contributed by atoms with Gasteiger partial charge in [-0.15, -0.1) is 0 Å². The van der Waals surface area contributed by atoms with Crippen LogP contribution < -0.4 is 10.2 Å². The van der Waals surface area contributed by atoms with Crippen molar-refractivity contribution >= 4 is 23.1 Å². The Bertz CT molecular complexity index is 808. The number of nitrogens with zero attached hydrogens (tertiary/aromatic N) is 1. The molecule has 7 nitrogen and oxygen atoms in total. The second kappa shape index (κ2) is 6.98. The van der Waals surface area contributed by atoms with Crippen molar-refractivity contribution in [1.29, 1.82) is 0 Å². The molecule has 2 atom stereocenters. The Morgan fingerprint density at radius 3 is 2.41 bits per heavy atom. The predicted octanol–water partition coefficient (Wildman–Crippen LogP) is 2.61. The van der Waals surface area contributed by atoms with Gasteiger partial charge in [-0.3, -0.25) is 4.79 Å². The van der Waals surface area contributed by atoms with E-state index in [2.05, 4.69) is 5.32 Å². The summed E-state index contributed by atoms with van der Waals surface area (Å²) in [5.74, 6) is -3.93. The van der Waals surface area contributed by atoms with Gasteiger partial charge in [0.2, 0.25) is 0 Å². The number of nitrogens with one attached hydrogen (secondary N) is 1. The van der Waals surface area contributed by atoms with E-state index in [-0.39, 0.29) is 17.3 Å². The van der Waals surface area contributed by atoms with E-state index < -0.39 is 23.6 Å². The molecule has 0 bridgehead atoms. The zero-order valence-electron chi connectivity index (χ0n) is 15.9. The largest absolute Gasteiger partial charge is 0.480 e. The Balaban J connectivity index is 1.75. The molecular formula is C20H24N2O5. The molecule has 0 radical (unpaired) electrons. The molecule has 0 saturated heterocycles. The zero-order chi connectivity index (χ0) is 19.8. The Morgan fingerprint density at radius 2 is 1.81 bits per heavy atom. The highest BCUT2D eigenvalue weighted by molar-refractivity contribution is 6.04. The van der Waals surface area contributed by atoms with Crippen LogP contribution in [0.25, 0.3) is 0 Å². The van der Waals surface area contributed by atoms with Crippen molar-refractivity contribution in [3.8, 4) is 0 Å². The van der Waals surface area contributed by atoms with Crippen LogP contribution in [0.3, 0.4) is 0 Å². The third-order valence-electron chi connectivity index (χ3n) is 4.61. The van der Waals surface area contributed by atoms with Crippen LogP contribution in [-0.2, 0) is 19.1 Å². The highest BCUT2D eigenvalue weighted by Crippen LogP contribution is 2.36. The molecule has 2 aliphatic rings. The minimum absolute atomic E-state index is 0.126. The molecular weight excluding hydrogens is 348 g/mol. The molecule has 7 heteroatoms. The quantitative estimate of drug-likeness (QED) is 0.768. The fraction of sp³-hybridized carbons (Fsp3) is 0.400. The van der Waals surface area contributed by atoms with Gasteiger partial charge < -0.3 is 24.8 Å².